The second kappa shape index (κ2) is 8.91. The van der Waals surface area contributed by atoms with Crippen LogP contribution in [0.2, 0.25) is 0 Å². The molecule has 2 aliphatic rings. The van der Waals surface area contributed by atoms with Crippen molar-refractivity contribution in [3.8, 4) is 11.1 Å². The number of aliphatic hydroxyl groups is 1. The topological polar surface area (TPSA) is 60.9 Å². The van der Waals surface area contributed by atoms with Gasteiger partial charge in [-0.05, 0) is 35.4 Å². The molecule has 2 amide bonds. The van der Waals surface area contributed by atoms with Gasteiger partial charge in [0.05, 0.1) is 6.10 Å². The van der Waals surface area contributed by atoms with Crippen molar-refractivity contribution < 1.29 is 14.7 Å². The molecule has 5 nitrogen and oxygen atoms in total. The van der Waals surface area contributed by atoms with E-state index in [2.05, 4.69) is 44.7 Å². The van der Waals surface area contributed by atoms with Gasteiger partial charge in [0, 0.05) is 19.5 Å². The van der Waals surface area contributed by atoms with Crippen LogP contribution in [0, 0.1) is 5.92 Å². The van der Waals surface area contributed by atoms with Crippen LogP contribution in [0.25, 0.3) is 11.1 Å². The zero-order valence-corrected chi connectivity index (χ0v) is 18.9. The molecule has 2 aliphatic heterocycles. The summed E-state index contributed by atoms with van der Waals surface area (Å²) < 4.78 is 0. The molecule has 5 heteroatoms. The number of β-amino-alcohol motifs (C(OH)–C–C–N with tert-alkyl or cyclic N) is 1. The average molecular weight is 433 g/mol. The lowest BCUT2D eigenvalue weighted by atomic mass is 9.84. The minimum absolute atomic E-state index is 0.0578. The lowest BCUT2D eigenvalue weighted by Crippen LogP contribution is -2.69. The summed E-state index contributed by atoms with van der Waals surface area (Å²) in [4.78, 5) is 30.8. The third-order valence-electron chi connectivity index (χ3n) is 6.66. The van der Waals surface area contributed by atoms with E-state index in [1.54, 1.807) is 15.9 Å². The Morgan fingerprint density at radius 2 is 1.75 bits per heavy atom. The Kier molecular flexibility index (Phi) is 6.20. The zero-order chi connectivity index (χ0) is 22.9. The molecule has 2 fully saturated rings. The number of nitrogens with zero attached hydrogens (tertiary/aromatic N) is 2. The minimum Gasteiger partial charge on any atom is -0.391 e. The highest BCUT2D eigenvalue weighted by atomic mass is 16.3. The van der Waals surface area contributed by atoms with Crippen molar-refractivity contribution in [1.82, 2.24) is 9.80 Å². The maximum atomic E-state index is 13.9. The number of hydrogen-bond acceptors (Lipinski definition) is 3. The van der Waals surface area contributed by atoms with Gasteiger partial charge in [0.1, 0.15) is 11.6 Å². The van der Waals surface area contributed by atoms with Gasteiger partial charge in [0.2, 0.25) is 11.8 Å². The van der Waals surface area contributed by atoms with Crippen molar-refractivity contribution in [2.45, 2.75) is 57.3 Å². The van der Waals surface area contributed by atoms with Gasteiger partial charge < -0.3 is 14.9 Å². The molecule has 0 aromatic heterocycles. The number of aliphatic hydroxyl groups excluding tert-OH is 1. The molecule has 1 unspecified atom stereocenters. The molecule has 0 aliphatic carbocycles. The number of piperazine rings is 1. The SMILES string of the molecule is C=CCC12C[C@@H](O)CN1C(=O)[C@@H](CC(C)C)N(Cc1ccc(-c3ccccc3)cc1)C2=O. The number of benzene rings is 2. The molecule has 2 saturated heterocycles. The smallest absolute Gasteiger partial charge is 0.249 e. The fourth-order valence-corrected chi connectivity index (χ4v) is 5.18. The monoisotopic (exact) mass is 432 g/mol. The van der Waals surface area contributed by atoms with Gasteiger partial charge in [0.15, 0.2) is 0 Å². The van der Waals surface area contributed by atoms with Crippen LogP contribution in [0.5, 0.6) is 0 Å². The molecule has 1 N–H and O–H groups in total. The van der Waals surface area contributed by atoms with Crippen LogP contribution in [0.3, 0.4) is 0 Å². The highest BCUT2D eigenvalue weighted by Gasteiger charge is 2.59. The van der Waals surface area contributed by atoms with E-state index in [0.717, 1.165) is 16.7 Å². The molecule has 32 heavy (non-hydrogen) atoms. The predicted molar refractivity (Wildman–Crippen MR) is 126 cm³/mol. The van der Waals surface area contributed by atoms with E-state index in [1.807, 2.05) is 30.3 Å². The van der Waals surface area contributed by atoms with E-state index in [4.69, 9.17) is 0 Å². The Labute approximate surface area is 190 Å². The van der Waals surface area contributed by atoms with Crippen molar-refractivity contribution in [2.75, 3.05) is 6.54 Å². The Morgan fingerprint density at radius 3 is 2.38 bits per heavy atom. The van der Waals surface area contributed by atoms with Crippen LogP contribution in [0.1, 0.15) is 38.7 Å². The normalized spacial score (nSPS) is 25.4. The Bertz CT molecular complexity index is 986. The van der Waals surface area contributed by atoms with E-state index in [-0.39, 0.29) is 30.7 Å². The third kappa shape index (κ3) is 3.97. The first kappa shape index (κ1) is 22.3. The quantitative estimate of drug-likeness (QED) is 0.673. The predicted octanol–water partition coefficient (Wildman–Crippen LogP) is 4.02. The van der Waals surface area contributed by atoms with Crippen molar-refractivity contribution in [3.63, 3.8) is 0 Å². The van der Waals surface area contributed by atoms with E-state index in [9.17, 15) is 14.7 Å². The van der Waals surface area contributed by atoms with Crippen molar-refractivity contribution in [2.24, 2.45) is 5.92 Å². The van der Waals surface area contributed by atoms with Crippen LogP contribution in [0.15, 0.2) is 67.3 Å². The Hall–Kier alpha value is -2.92. The molecule has 4 rings (SSSR count). The summed E-state index contributed by atoms with van der Waals surface area (Å²) in [5, 5.41) is 10.4. The number of fused-ring (bicyclic) bond motifs is 1. The minimum atomic E-state index is -1.02. The van der Waals surface area contributed by atoms with Crippen LogP contribution in [0.4, 0.5) is 0 Å². The number of amides is 2. The maximum Gasteiger partial charge on any atom is 0.249 e. The van der Waals surface area contributed by atoms with Gasteiger partial charge in [-0.2, -0.15) is 0 Å². The van der Waals surface area contributed by atoms with E-state index in [1.165, 1.54) is 0 Å². The maximum absolute atomic E-state index is 13.9. The summed E-state index contributed by atoms with van der Waals surface area (Å²) in [7, 11) is 0. The number of hydrogen-bond donors (Lipinski definition) is 1. The molecule has 2 aromatic rings. The second-order valence-corrected chi connectivity index (χ2v) is 9.47. The lowest BCUT2D eigenvalue weighted by Gasteiger charge is -2.49. The standard InChI is InChI=1S/C27H32N2O3/c1-4-14-27-16-23(30)18-29(27)25(31)24(15-19(2)3)28(26(27)32)17-20-10-12-22(13-11-20)21-8-6-5-7-9-21/h4-13,19,23-24,30H,1,14-18H2,2-3H3/t23-,24-,27?/m1/s1. The number of carbonyl (C=O) groups excluding carboxylic acids is 2. The van der Waals surface area contributed by atoms with Gasteiger partial charge in [0.25, 0.3) is 0 Å². The van der Waals surface area contributed by atoms with Gasteiger partial charge in [-0.25, -0.2) is 0 Å². The summed E-state index contributed by atoms with van der Waals surface area (Å²) in [5.41, 5.74) is 2.22. The molecule has 2 heterocycles. The fourth-order valence-electron chi connectivity index (χ4n) is 5.18. The van der Waals surface area contributed by atoms with E-state index in [0.29, 0.717) is 19.4 Å². The summed E-state index contributed by atoms with van der Waals surface area (Å²) in [5.74, 6) is 0.128. The summed E-state index contributed by atoms with van der Waals surface area (Å²) in [6.07, 6.45) is 2.22. The van der Waals surface area contributed by atoms with Crippen molar-refractivity contribution >= 4 is 11.8 Å². The summed E-state index contributed by atoms with van der Waals surface area (Å²) in [6, 6.07) is 17.8. The summed E-state index contributed by atoms with van der Waals surface area (Å²) >= 11 is 0. The molecule has 3 atom stereocenters. The zero-order valence-electron chi connectivity index (χ0n) is 18.9. The van der Waals surface area contributed by atoms with Crippen LogP contribution < -0.4 is 0 Å². The second-order valence-electron chi connectivity index (χ2n) is 9.47. The molecule has 0 radical (unpaired) electrons. The van der Waals surface area contributed by atoms with Crippen molar-refractivity contribution in [3.05, 3.63) is 72.8 Å². The first-order valence-electron chi connectivity index (χ1n) is 11.4. The van der Waals surface area contributed by atoms with E-state index < -0.39 is 17.7 Å². The molecule has 0 bridgehead atoms. The van der Waals surface area contributed by atoms with Crippen molar-refractivity contribution in [1.29, 1.82) is 0 Å². The van der Waals surface area contributed by atoms with E-state index >= 15 is 0 Å². The molecular weight excluding hydrogens is 400 g/mol. The lowest BCUT2D eigenvalue weighted by molar-refractivity contribution is -0.169. The molecule has 168 valence electrons. The van der Waals surface area contributed by atoms with Gasteiger partial charge in [-0.3, -0.25) is 9.59 Å². The third-order valence-corrected chi connectivity index (χ3v) is 6.66. The first-order valence-corrected chi connectivity index (χ1v) is 11.4. The van der Waals surface area contributed by atoms with Gasteiger partial charge in [-0.1, -0.05) is 74.5 Å². The number of carbonyl (C=O) groups is 2. The highest BCUT2D eigenvalue weighted by Crippen LogP contribution is 2.41. The summed E-state index contributed by atoms with van der Waals surface area (Å²) in [6.45, 7) is 8.54. The molecule has 0 saturated carbocycles. The van der Waals surface area contributed by atoms with Crippen LogP contribution >= 0.6 is 0 Å². The van der Waals surface area contributed by atoms with Crippen LogP contribution in [-0.2, 0) is 16.1 Å². The fraction of sp³-hybridized carbons (Fsp3) is 0.407. The van der Waals surface area contributed by atoms with Gasteiger partial charge >= 0.3 is 0 Å². The Balaban J connectivity index is 1.65. The molecule has 0 spiro atoms. The van der Waals surface area contributed by atoms with Crippen LogP contribution in [-0.4, -0.2) is 51.0 Å². The largest absolute Gasteiger partial charge is 0.391 e. The Morgan fingerprint density at radius 1 is 1.09 bits per heavy atom. The molecular formula is C27H32N2O3. The highest BCUT2D eigenvalue weighted by molar-refractivity contribution is 6.00. The average Bonchev–Trinajstić information content (AvgIpc) is 3.13. The molecule has 2 aromatic carbocycles. The van der Waals surface area contributed by atoms with Gasteiger partial charge in [-0.15, -0.1) is 6.58 Å². The number of rotatable bonds is 7. The first-order chi connectivity index (χ1) is 15.4.